The average Bonchev–Trinajstić information content (AvgIpc) is 2.75. The monoisotopic (exact) mass is 377 g/mol. The number of pyridine rings is 1. The maximum Gasteiger partial charge on any atom is 0.194 e. The van der Waals surface area contributed by atoms with Gasteiger partial charge in [0.05, 0.1) is 18.3 Å². The quantitative estimate of drug-likeness (QED) is 0.700. The van der Waals surface area contributed by atoms with Crippen LogP contribution in [0.1, 0.15) is 11.3 Å². The predicted octanol–water partition coefficient (Wildman–Crippen LogP) is 3.18. The molecule has 4 rings (SSSR count). The molecule has 1 aliphatic rings. The molecule has 146 valence electrons. The van der Waals surface area contributed by atoms with Gasteiger partial charge in [0, 0.05) is 56.4 Å². The first kappa shape index (κ1) is 18.6. The second kappa shape index (κ2) is 7.68. The van der Waals surface area contributed by atoms with Gasteiger partial charge in [0.25, 0.3) is 0 Å². The highest BCUT2D eigenvalue weighted by atomic mass is 16.5. The second-order valence-corrected chi connectivity index (χ2v) is 7.40. The summed E-state index contributed by atoms with van der Waals surface area (Å²) in [5.74, 6) is 0.912. The van der Waals surface area contributed by atoms with Crippen LogP contribution in [-0.4, -0.2) is 42.8 Å². The maximum absolute atomic E-state index is 13.1. The lowest BCUT2D eigenvalue weighted by Gasteiger charge is -2.36. The first-order valence-corrected chi connectivity index (χ1v) is 9.77. The van der Waals surface area contributed by atoms with E-state index in [1.807, 2.05) is 56.4 Å². The lowest BCUT2D eigenvalue weighted by atomic mass is 10.1. The summed E-state index contributed by atoms with van der Waals surface area (Å²) in [6, 6.07) is 16.0. The summed E-state index contributed by atoms with van der Waals surface area (Å²) in [4.78, 5) is 17.8. The Labute approximate surface area is 165 Å². The van der Waals surface area contributed by atoms with Crippen molar-refractivity contribution in [1.29, 1.82) is 0 Å². The number of piperazine rings is 1. The van der Waals surface area contributed by atoms with Crippen molar-refractivity contribution >= 4 is 16.6 Å². The Morgan fingerprint density at radius 3 is 2.39 bits per heavy atom. The lowest BCUT2D eigenvalue weighted by Crippen LogP contribution is -2.46. The van der Waals surface area contributed by atoms with E-state index < -0.39 is 0 Å². The molecule has 1 fully saturated rings. The van der Waals surface area contributed by atoms with E-state index in [0.29, 0.717) is 6.54 Å². The first-order chi connectivity index (χ1) is 13.6. The molecule has 0 N–H and O–H groups in total. The summed E-state index contributed by atoms with van der Waals surface area (Å²) in [5.41, 5.74) is 4.26. The fourth-order valence-corrected chi connectivity index (χ4v) is 4.12. The van der Waals surface area contributed by atoms with Crippen molar-refractivity contribution in [3.63, 3.8) is 0 Å². The number of methoxy groups -OCH3 is 1. The SMILES string of the molecule is COc1ccccc1N1CCN(Cc2c(C)n(C)c3ccccc3c2=O)CC1. The zero-order valence-electron chi connectivity index (χ0n) is 16.8. The van der Waals surface area contributed by atoms with Crippen molar-refractivity contribution in [3.05, 3.63) is 70.0 Å². The number of nitrogens with zero attached hydrogens (tertiary/aromatic N) is 3. The van der Waals surface area contributed by atoms with E-state index in [4.69, 9.17) is 4.74 Å². The molecule has 5 heteroatoms. The molecule has 0 aliphatic carbocycles. The number of aromatic nitrogens is 1. The van der Waals surface area contributed by atoms with Crippen LogP contribution < -0.4 is 15.1 Å². The van der Waals surface area contributed by atoms with Gasteiger partial charge in [-0.25, -0.2) is 0 Å². The van der Waals surface area contributed by atoms with Gasteiger partial charge in [-0.2, -0.15) is 0 Å². The lowest BCUT2D eigenvalue weighted by molar-refractivity contribution is 0.247. The molecular formula is C23H27N3O2. The molecule has 2 aromatic carbocycles. The van der Waals surface area contributed by atoms with E-state index in [-0.39, 0.29) is 5.43 Å². The number of ether oxygens (including phenoxy) is 1. The van der Waals surface area contributed by atoms with Crippen molar-refractivity contribution in [3.8, 4) is 5.75 Å². The Bertz CT molecular complexity index is 1050. The van der Waals surface area contributed by atoms with E-state index in [1.54, 1.807) is 7.11 Å². The summed E-state index contributed by atoms with van der Waals surface area (Å²) in [6.07, 6.45) is 0. The van der Waals surface area contributed by atoms with Gasteiger partial charge in [0.1, 0.15) is 5.75 Å². The molecule has 0 atom stereocenters. The third kappa shape index (κ3) is 3.27. The van der Waals surface area contributed by atoms with Gasteiger partial charge in [-0.05, 0) is 31.2 Å². The standard InChI is InChI=1S/C23H27N3O2/c1-17-19(23(27)18-8-4-5-9-20(18)24(17)2)16-25-12-14-26(15-13-25)21-10-6-7-11-22(21)28-3/h4-11H,12-16H2,1-3H3. The number of anilines is 1. The molecule has 28 heavy (non-hydrogen) atoms. The zero-order chi connectivity index (χ0) is 19.7. The molecule has 0 spiro atoms. The highest BCUT2D eigenvalue weighted by molar-refractivity contribution is 5.80. The summed E-state index contributed by atoms with van der Waals surface area (Å²) >= 11 is 0. The number of para-hydroxylation sites is 3. The number of hydrogen-bond donors (Lipinski definition) is 0. The number of benzene rings is 2. The van der Waals surface area contributed by atoms with E-state index in [2.05, 4.69) is 20.4 Å². The molecule has 1 aliphatic heterocycles. The van der Waals surface area contributed by atoms with Gasteiger partial charge < -0.3 is 14.2 Å². The normalized spacial score (nSPS) is 15.2. The average molecular weight is 377 g/mol. The second-order valence-electron chi connectivity index (χ2n) is 7.40. The van der Waals surface area contributed by atoms with Gasteiger partial charge in [-0.3, -0.25) is 9.69 Å². The van der Waals surface area contributed by atoms with Crippen molar-refractivity contribution in [2.75, 3.05) is 38.2 Å². The number of rotatable bonds is 4. The first-order valence-electron chi connectivity index (χ1n) is 9.77. The van der Waals surface area contributed by atoms with Crippen LogP contribution in [0.15, 0.2) is 53.3 Å². The fraction of sp³-hybridized carbons (Fsp3) is 0.348. The Morgan fingerprint density at radius 1 is 0.964 bits per heavy atom. The van der Waals surface area contributed by atoms with Crippen LogP contribution in [0.3, 0.4) is 0 Å². The van der Waals surface area contributed by atoms with Crippen molar-refractivity contribution in [2.45, 2.75) is 13.5 Å². The van der Waals surface area contributed by atoms with E-state index in [9.17, 15) is 4.79 Å². The largest absolute Gasteiger partial charge is 0.495 e. The molecule has 3 aromatic rings. The van der Waals surface area contributed by atoms with E-state index in [1.165, 1.54) is 0 Å². The smallest absolute Gasteiger partial charge is 0.194 e. The Balaban J connectivity index is 1.54. The fourth-order valence-electron chi connectivity index (χ4n) is 4.12. The third-order valence-corrected chi connectivity index (χ3v) is 5.90. The summed E-state index contributed by atoms with van der Waals surface area (Å²) in [5, 5.41) is 0.804. The highest BCUT2D eigenvalue weighted by Gasteiger charge is 2.22. The topological polar surface area (TPSA) is 37.7 Å². The van der Waals surface area contributed by atoms with Crippen LogP contribution in [0.2, 0.25) is 0 Å². The van der Waals surface area contributed by atoms with Crippen LogP contribution in [0.25, 0.3) is 10.9 Å². The molecule has 2 heterocycles. The molecule has 0 amide bonds. The van der Waals surface area contributed by atoms with E-state index >= 15 is 0 Å². The zero-order valence-corrected chi connectivity index (χ0v) is 16.8. The van der Waals surface area contributed by atoms with Crippen molar-refractivity contribution in [1.82, 2.24) is 9.47 Å². The van der Waals surface area contributed by atoms with Crippen LogP contribution in [-0.2, 0) is 13.6 Å². The summed E-state index contributed by atoms with van der Waals surface area (Å²) in [7, 11) is 3.76. The van der Waals surface area contributed by atoms with Crippen LogP contribution in [0, 0.1) is 6.92 Å². The molecule has 5 nitrogen and oxygen atoms in total. The molecule has 1 aromatic heterocycles. The highest BCUT2D eigenvalue weighted by Crippen LogP contribution is 2.28. The summed E-state index contributed by atoms with van der Waals surface area (Å²) in [6.45, 7) is 6.44. The van der Waals surface area contributed by atoms with Crippen LogP contribution in [0.4, 0.5) is 5.69 Å². The van der Waals surface area contributed by atoms with Crippen molar-refractivity contribution in [2.24, 2.45) is 7.05 Å². The Morgan fingerprint density at radius 2 is 1.64 bits per heavy atom. The molecule has 0 radical (unpaired) electrons. The predicted molar refractivity (Wildman–Crippen MR) is 114 cm³/mol. The molecule has 0 unspecified atom stereocenters. The van der Waals surface area contributed by atoms with Gasteiger partial charge >= 0.3 is 0 Å². The van der Waals surface area contributed by atoms with Gasteiger partial charge in [0.2, 0.25) is 0 Å². The molecular weight excluding hydrogens is 350 g/mol. The maximum atomic E-state index is 13.1. The van der Waals surface area contributed by atoms with Crippen molar-refractivity contribution < 1.29 is 4.74 Å². The minimum absolute atomic E-state index is 0.165. The molecule has 0 saturated carbocycles. The minimum Gasteiger partial charge on any atom is -0.495 e. The Hall–Kier alpha value is -2.79. The minimum atomic E-state index is 0.165. The van der Waals surface area contributed by atoms with Gasteiger partial charge in [0.15, 0.2) is 5.43 Å². The number of fused-ring (bicyclic) bond motifs is 1. The van der Waals surface area contributed by atoms with E-state index in [0.717, 1.165) is 59.8 Å². The van der Waals surface area contributed by atoms with Crippen LogP contribution >= 0.6 is 0 Å². The van der Waals surface area contributed by atoms with Crippen LogP contribution in [0.5, 0.6) is 5.75 Å². The number of aryl methyl sites for hydroxylation is 1. The third-order valence-electron chi connectivity index (χ3n) is 5.90. The number of hydrogen-bond acceptors (Lipinski definition) is 4. The summed E-state index contributed by atoms with van der Waals surface area (Å²) < 4.78 is 7.64. The van der Waals surface area contributed by atoms with Gasteiger partial charge in [-0.1, -0.05) is 24.3 Å². The van der Waals surface area contributed by atoms with Gasteiger partial charge in [-0.15, -0.1) is 0 Å². The molecule has 0 bridgehead atoms. The Kier molecular flexibility index (Phi) is 5.09. The molecule has 1 saturated heterocycles.